The lowest BCUT2D eigenvalue weighted by atomic mass is 9.44. The van der Waals surface area contributed by atoms with Crippen molar-refractivity contribution in [3.63, 3.8) is 0 Å². The molecule has 4 saturated carbocycles. The van der Waals surface area contributed by atoms with E-state index in [-0.39, 0.29) is 6.10 Å². The lowest BCUT2D eigenvalue weighted by molar-refractivity contribution is -0.126. The zero-order chi connectivity index (χ0) is 18.4. The summed E-state index contributed by atoms with van der Waals surface area (Å²) in [4.78, 5) is 0. The molecule has 4 fully saturated rings. The molecule has 26 heavy (non-hydrogen) atoms. The van der Waals surface area contributed by atoms with Crippen LogP contribution in [0.3, 0.4) is 0 Å². The highest BCUT2D eigenvalue weighted by Gasteiger charge is 2.59. The summed E-state index contributed by atoms with van der Waals surface area (Å²) >= 11 is 0. The monoisotopic (exact) mass is 356 g/mol. The van der Waals surface area contributed by atoms with E-state index in [4.69, 9.17) is 0 Å². The van der Waals surface area contributed by atoms with Crippen LogP contribution in [0.5, 0.6) is 0 Å². The van der Waals surface area contributed by atoms with Crippen molar-refractivity contribution in [2.75, 3.05) is 0 Å². The maximum absolute atomic E-state index is 10.2. The van der Waals surface area contributed by atoms with E-state index in [1.54, 1.807) is 0 Å². The Bertz CT molecular complexity index is 570. The summed E-state index contributed by atoms with van der Waals surface area (Å²) in [6, 6.07) is 0. The molecule has 4 aliphatic carbocycles. The molecule has 0 aromatic carbocycles. The van der Waals surface area contributed by atoms with Gasteiger partial charge < -0.3 is 5.11 Å². The third-order valence-corrected chi connectivity index (χ3v) is 9.87. The Morgan fingerprint density at radius 1 is 0.923 bits per heavy atom. The van der Waals surface area contributed by atoms with Crippen molar-refractivity contribution < 1.29 is 5.11 Å². The maximum atomic E-state index is 10.2. The summed E-state index contributed by atoms with van der Waals surface area (Å²) in [7, 11) is 0. The summed E-state index contributed by atoms with van der Waals surface area (Å²) in [5, 5.41) is 10.2. The molecule has 1 heteroatoms. The highest BCUT2D eigenvalue weighted by molar-refractivity contribution is 5.09. The van der Waals surface area contributed by atoms with E-state index < -0.39 is 0 Å². The minimum absolute atomic E-state index is 0.0134. The average molecular weight is 357 g/mol. The minimum atomic E-state index is -0.0134. The number of aliphatic hydroxyl groups is 1. The first kappa shape index (κ1) is 18.9. The van der Waals surface area contributed by atoms with Gasteiger partial charge >= 0.3 is 0 Å². The molecule has 5 unspecified atom stereocenters. The topological polar surface area (TPSA) is 20.2 Å². The maximum Gasteiger partial charge on any atom is 0.0543 e. The van der Waals surface area contributed by atoms with Gasteiger partial charge in [-0.05, 0) is 118 Å². The molecular formula is C25H40O. The molecule has 4 rings (SSSR count). The van der Waals surface area contributed by atoms with E-state index in [1.807, 2.05) is 6.92 Å². The molecule has 0 aliphatic heterocycles. The lowest BCUT2D eigenvalue weighted by Gasteiger charge is -2.61. The number of rotatable bonds is 3. The standard InChI is InChI=1S/C25H40O/c1-4-5-6-7-8-18-10-12-22-21-11-9-19-17-20(26)13-15-25(19,3)23(21)14-16-24(18,22)2/h18-23,26H,6-17H2,1-3H3/t18-,19?,20?,21-,22?,23?,24?,25-/m0/s1. The van der Waals surface area contributed by atoms with E-state index >= 15 is 0 Å². The quantitative estimate of drug-likeness (QED) is 0.471. The van der Waals surface area contributed by atoms with Crippen LogP contribution in [0.15, 0.2) is 0 Å². The molecule has 4 aliphatic rings. The molecule has 1 nitrogen and oxygen atoms in total. The normalized spacial score (nSPS) is 50.2. The Morgan fingerprint density at radius 3 is 2.50 bits per heavy atom. The molecule has 0 spiro atoms. The molecule has 0 aromatic rings. The zero-order valence-corrected chi connectivity index (χ0v) is 17.4. The van der Waals surface area contributed by atoms with Gasteiger partial charge in [-0.1, -0.05) is 13.8 Å². The highest BCUT2D eigenvalue weighted by atomic mass is 16.3. The minimum Gasteiger partial charge on any atom is -0.393 e. The van der Waals surface area contributed by atoms with Crippen molar-refractivity contribution in [2.24, 2.45) is 40.4 Å². The van der Waals surface area contributed by atoms with Crippen LogP contribution in [-0.2, 0) is 0 Å². The van der Waals surface area contributed by atoms with E-state index in [2.05, 4.69) is 25.7 Å². The van der Waals surface area contributed by atoms with Gasteiger partial charge in [0.2, 0.25) is 0 Å². The van der Waals surface area contributed by atoms with Crippen molar-refractivity contribution in [3.8, 4) is 11.8 Å². The van der Waals surface area contributed by atoms with Crippen LogP contribution < -0.4 is 0 Å². The Morgan fingerprint density at radius 2 is 1.69 bits per heavy atom. The molecule has 1 N–H and O–H groups in total. The molecule has 0 bridgehead atoms. The van der Waals surface area contributed by atoms with Crippen molar-refractivity contribution >= 4 is 0 Å². The smallest absolute Gasteiger partial charge is 0.0543 e. The Hall–Kier alpha value is -0.480. The van der Waals surface area contributed by atoms with Crippen molar-refractivity contribution in [1.82, 2.24) is 0 Å². The first-order valence-electron chi connectivity index (χ1n) is 11.6. The van der Waals surface area contributed by atoms with Crippen LogP contribution in [0.4, 0.5) is 0 Å². The SMILES string of the molecule is CC#CCCC[C@H]1CCC2[C@@H]3CCC4CC(O)CC[C@]4(C)C3CCC21C. The first-order valence-corrected chi connectivity index (χ1v) is 11.6. The summed E-state index contributed by atoms with van der Waals surface area (Å²) in [6.45, 7) is 7.24. The van der Waals surface area contributed by atoms with Gasteiger partial charge in [0, 0.05) is 6.42 Å². The molecule has 0 aromatic heterocycles. The Balaban J connectivity index is 1.48. The molecule has 0 saturated heterocycles. The van der Waals surface area contributed by atoms with E-state index in [9.17, 15) is 5.11 Å². The van der Waals surface area contributed by atoms with Gasteiger partial charge in [-0.2, -0.15) is 0 Å². The molecule has 0 heterocycles. The zero-order valence-electron chi connectivity index (χ0n) is 17.4. The van der Waals surface area contributed by atoms with Gasteiger partial charge in [0.05, 0.1) is 6.10 Å². The third kappa shape index (κ3) is 2.96. The number of fused-ring (bicyclic) bond motifs is 5. The number of unbranched alkanes of at least 4 members (excludes halogenated alkanes) is 1. The highest BCUT2D eigenvalue weighted by Crippen LogP contribution is 2.67. The van der Waals surface area contributed by atoms with Crippen LogP contribution in [-0.4, -0.2) is 11.2 Å². The van der Waals surface area contributed by atoms with Gasteiger partial charge in [-0.3, -0.25) is 0 Å². The van der Waals surface area contributed by atoms with Crippen LogP contribution in [0.1, 0.15) is 97.8 Å². The predicted octanol–water partition coefficient (Wildman–Crippen LogP) is 6.20. The Kier molecular flexibility index (Phi) is 5.20. The van der Waals surface area contributed by atoms with Gasteiger partial charge in [0.15, 0.2) is 0 Å². The van der Waals surface area contributed by atoms with E-state index in [0.29, 0.717) is 10.8 Å². The van der Waals surface area contributed by atoms with Gasteiger partial charge in [0.1, 0.15) is 0 Å². The van der Waals surface area contributed by atoms with Crippen LogP contribution >= 0.6 is 0 Å². The Labute approximate surface area is 161 Å². The van der Waals surface area contributed by atoms with E-state index in [0.717, 1.165) is 48.9 Å². The predicted molar refractivity (Wildman–Crippen MR) is 109 cm³/mol. The summed E-state index contributed by atoms with van der Waals surface area (Å²) in [5.74, 6) is 11.0. The first-order chi connectivity index (χ1) is 12.5. The van der Waals surface area contributed by atoms with Crippen molar-refractivity contribution in [3.05, 3.63) is 0 Å². The second-order valence-electron chi connectivity index (χ2n) is 10.7. The van der Waals surface area contributed by atoms with Gasteiger partial charge in [-0.15, -0.1) is 11.8 Å². The fourth-order valence-electron chi connectivity index (χ4n) is 8.38. The van der Waals surface area contributed by atoms with Crippen molar-refractivity contribution in [1.29, 1.82) is 0 Å². The molecule has 146 valence electrons. The molecule has 0 radical (unpaired) electrons. The van der Waals surface area contributed by atoms with Crippen LogP contribution in [0.25, 0.3) is 0 Å². The van der Waals surface area contributed by atoms with Gasteiger partial charge in [0.25, 0.3) is 0 Å². The summed E-state index contributed by atoms with van der Waals surface area (Å²) in [6.07, 6.45) is 16.0. The molecular weight excluding hydrogens is 316 g/mol. The van der Waals surface area contributed by atoms with E-state index in [1.165, 1.54) is 57.8 Å². The second kappa shape index (κ2) is 7.16. The third-order valence-electron chi connectivity index (χ3n) is 9.87. The summed E-state index contributed by atoms with van der Waals surface area (Å²) < 4.78 is 0. The molecule has 8 atom stereocenters. The average Bonchev–Trinajstić information content (AvgIpc) is 2.96. The lowest BCUT2D eigenvalue weighted by Crippen LogP contribution is -2.53. The fourth-order valence-corrected chi connectivity index (χ4v) is 8.38. The van der Waals surface area contributed by atoms with Crippen LogP contribution in [0.2, 0.25) is 0 Å². The number of aliphatic hydroxyl groups excluding tert-OH is 1. The number of hydrogen-bond donors (Lipinski definition) is 1. The van der Waals surface area contributed by atoms with Gasteiger partial charge in [-0.25, -0.2) is 0 Å². The largest absolute Gasteiger partial charge is 0.393 e. The molecule has 0 amide bonds. The van der Waals surface area contributed by atoms with Crippen LogP contribution in [0, 0.1) is 52.3 Å². The summed E-state index contributed by atoms with van der Waals surface area (Å²) in [5.41, 5.74) is 1.14. The second-order valence-corrected chi connectivity index (χ2v) is 10.7. The fraction of sp³-hybridized carbons (Fsp3) is 0.920. The van der Waals surface area contributed by atoms with Crippen molar-refractivity contribution in [2.45, 2.75) is 104 Å². The number of hydrogen-bond acceptors (Lipinski definition) is 1.